The maximum absolute atomic E-state index is 9.39. The van der Waals surface area contributed by atoms with Gasteiger partial charge in [-0.15, -0.1) is 11.3 Å². The Morgan fingerprint density at radius 1 is 1.70 bits per heavy atom. The van der Waals surface area contributed by atoms with Crippen LogP contribution < -0.4 is 0 Å². The topological polar surface area (TPSA) is 20.2 Å². The van der Waals surface area contributed by atoms with Crippen molar-refractivity contribution in [1.29, 1.82) is 0 Å². The second-order valence-electron chi connectivity index (χ2n) is 2.01. The fourth-order valence-corrected chi connectivity index (χ4v) is 1.91. The second kappa shape index (κ2) is 4.11. The zero-order chi connectivity index (χ0) is 7.40. The van der Waals surface area contributed by atoms with Crippen LogP contribution in [0, 0.1) is 0 Å². The average molecular weight is 221 g/mol. The lowest BCUT2D eigenvalue weighted by Crippen LogP contribution is -1.93. The van der Waals surface area contributed by atoms with E-state index in [9.17, 15) is 5.11 Å². The van der Waals surface area contributed by atoms with E-state index in [0.717, 1.165) is 16.6 Å². The number of alkyl halides is 1. The number of aliphatic hydroxyl groups excluding tert-OH is 1. The normalized spacial score (nSPS) is 13.4. The molecule has 0 saturated heterocycles. The summed E-state index contributed by atoms with van der Waals surface area (Å²) in [6.07, 6.45) is 0.514. The third kappa shape index (κ3) is 2.08. The highest BCUT2D eigenvalue weighted by Gasteiger charge is 2.05. The Labute approximate surface area is 72.8 Å². The summed E-state index contributed by atoms with van der Waals surface area (Å²) in [7, 11) is 0. The number of aliphatic hydroxyl groups is 1. The van der Waals surface area contributed by atoms with Crippen LogP contribution in [0.25, 0.3) is 0 Å². The quantitative estimate of drug-likeness (QED) is 0.777. The summed E-state index contributed by atoms with van der Waals surface area (Å²) < 4.78 is 0. The van der Waals surface area contributed by atoms with Crippen molar-refractivity contribution >= 4 is 27.3 Å². The monoisotopic (exact) mass is 220 g/mol. The molecule has 10 heavy (non-hydrogen) atoms. The summed E-state index contributed by atoms with van der Waals surface area (Å²) >= 11 is 4.88. The van der Waals surface area contributed by atoms with Crippen LogP contribution in [0.1, 0.15) is 17.4 Å². The average Bonchev–Trinajstić information content (AvgIpc) is 2.38. The first-order valence-electron chi connectivity index (χ1n) is 3.12. The van der Waals surface area contributed by atoms with E-state index in [1.807, 2.05) is 17.5 Å². The molecule has 0 radical (unpaired) electrons. The molecule has 1 N–H and O–H groups in total. The van der Waals surface area contributed by atoms with E-state index in [-0.39, 0.29) is 6.10 Å². The first kappa shape index (κ1) is 8.24. The predicted octanol–water partition coefficient (Wildman–Crippen LogP) is 2.57. The standard InChI is InChI=1S/C7H9BrOS/c8-4-3-6(9)7-2-1-5-10-7/h1-2,5-6,9H,3-4H2. The fraction of sp³-hybridized carbons (Fsp3) is 0.429. The number of hydrogen-bond donors (Lipinski definition) is 1. The maximum Gasteiger partial charge on any atom is 0.0889 e. The Kier molecular flexibility index (Phi) is 3.39. The van der Waals surface area contributed by atoms with Crippen molar-refractivity contribution in [2.75, 3.05) is 5.33 Å². The molecule has 0 aromatic carbocycles. The van der Waals surface area contributed by atoms with Crippen molar-refractivity contribution in [3.63, 3.8) is 0 Å². The predicted molar refractivity (Wildman–Crippen MR) is 47.7 cm³/mol. The molecule has 1 heterocycles. The Morgan fingerprint density at radius 2 is 2.50 bits per heavy atom. The zero-order valence-corrected chi connectivity index (χ0v) is 7.86. The summed E-state index contributed by atoms with van der Waals surface area (Å²) in [5.74, 6) is 0. The minimum atomic E-state index is -0.278. The molecule has 1 aromatic heterocycles. The summed E-state index contributed by atoms with van der Waals surface area (Å²) in [6, 6.07) is 3.91. The van der Waals surface area contributed by atoms with E-state index in [1.165, 1.54) is 0 Å². The Bertz CT molecular complexity index is 174. The molecule has 1 atom stereocenters. The van der Waals surface area contributed by atoms with E-state index < -0.39 is 0 Å². The third-order valence-corrected chi connectivity index (χ3v) is 2.69. The van der Waals surface area contributed by atoms with Crippen LogP contribution in [-0.4, -0.2) is 10.4 Å². The van der Waals surface area contributed by atoms with Gasteiger partial charge in [-0.3, -0.25) is 0 Å². The summed E-state index contributed by atoms with van der Waals surface area (Å²) in [5, 5.41) is 12.2. The molecule has 0 fully saturated rings. The molecule has 1 rings (SSSR count). The highest BCUT2D eigenvalue weighted by atomic mass is 79.9. The molecular weight excluding hydrogens is 212 g/mol. The maximum atomic E-state index is 9.39. The molecule has 0 saturated carbocycles. The molecule has 0 spiro atoms. The molecule has 1 aromatic rings. The second-order valence-corrected chi connectivity index (χ2v) is 3.78. The number of rotatable bonds is 3. The van der Waals surface area contributed by atoms with Crippen LogP contribution in [0.15, 0.2) is 17.5 Å². The highest BCUT2D eigenvalue weighted by Crippen LogP contribution is 2.21. The van der Waals surface area contributed by atoms with Crippen molar-refractivity contribution in [2.45, 2.75) is 12.5 Å². The molecule has 56 valence electrons. The van der Waals surface area contributed by atoms with Gasteiger partial charge in [0.15, 0.2) is 0 Å². The number of halogens is 1. The van der Waals surface area contributed by atoms with Crippen molar-refractivity contribution in [3.8, 4) is 0 Å². The van der Waals surface area contributed by atoms with E-state index in [4.69, 9.17) is 0 Å². The Balaban J connectivity index is 2.50. The fourth-order valence-electron chi connectivity index (χ4n) is 0.726. The molecule has 0 aliphatic heterocycles. The molecule has 1 unspecified atom stereocenters. The van der Waals surface area contributed by atoms with Crippen molar-refractivity contribution in [1.82, 2.24) is 0 Å². The Morgan fingerprint density at radius 3 is 3.00 bits per heavy atom. The summed E-state index contributed by atoms with van der Waals surface area (Å²) in [6.45, 7) is 0. The Hall–Kier alpha value is 0.140. The van der Waals surface area contributed by atoms with Gasteiger partial charge in [-0.05, 0) is 17.9 Å². The number of hydrogen-bond acceptors (Lipinski definition) is 2. The largest absolute Gasteiger partial charge is 0.388 e. The van der Waals surface area contributed by atoms with Crippen molar-refractivity contribution in [3.05, 3.63) is 22.4 Å². The lowest BCUT2D eigenvalue weighted by Gasteiger charge is -2.03. The zero-order valence-electron chi connectivity index (χ0n) is 5.46. The first-order valence-corrected chi connectivity index (χ1v) is 5.12. The van der Waals surface area contributed by atoms with Gasteiger partial charge in [0, 0.05) is 10.2 Å². The minimum Gasteiger partial charge on any atom is -0.388 e. The van der Waals surface area contributed by atoms with Gasteiger partial charge in [-0.1, -0.05) is 22.0 Å². The van der Waals surface area contributed by atoms with Gasteiger partial charge in [0.25, 0.3) is 0 Å². The lowest BCUT2D eigenvalue weighted by atomic mass is 10.2. The van der Waals surface area contributed by atoms with Crippen LogP contribution in [0.4, 0.5) is 0 Å². The van der Waals surface area contributed by atoms with Crippen LogP contribution in [-0.2, 0) is 0 Å². The van der Waals surface area contributed by atoms with Gasteiger partial charge in [0.05, 0.1) is 6.10 Å². The smallest absolute Gasteiger partial charge is 0.0889 e. The highest BCUT2D eigenvalue weighted by molar-refractivity contribution is 9.09. The van der Waals surface area contributed by atoms with Gasteiger partial charge in [0.1, 0.15) is 0 Å². The molecular formula is C7H9BrOS. The van der Waals surface area contributed by atoms with Crippen LogP contribution in [0.3, 0.4) is 0 Å². The molecule has 0 amide bonds. The van der Waals surface area contributed by atoms with E-state index in [1.54, 1.807) is 11.3 Å². The van der Waals surface area contributed by atoms with Crippen LogP contribution in [0.2, 0.25) is 0 Å². The van der Waals surface area contributed by atoms with Gasteiger partial charge < -0.3 is 5.11 Å². The SMILES string of the molecule is OC(CCBr)c1cccs1. The van der Waals surface area contributed by atoms with E-state index in [2.05, 4.69) is 15.9 Å². The third-order valence-electron chi connectivity index (χ3n) is 1.25. The molecule has 0 bridgehead atoms. The summed E-state index contributed by atoms with van der Waals surface area (Å²) in [5.41, 5.74) is 0. The van der Waals surface area contributed by atoms with Crippen molar-refractivity contribution in [2.24, 2.45) is 0 Å². The van der Waals surface area contributed by atoms with Gasteiger partial charge in [0.2, 0.25) is 0 Å². The van der Waals surface area contributed by atoms with Gasteiger partial charge in [-0.25, -0.2) is 0 Å². The first-order chi connectivity index (χ1) is 4.84. The van der Waals surface area contributed by atoms with Gasteiger partial charge >= 0.3 is 0 Å². The summed E-state index contributed by atoms with van der Waals surface area (Å²) in [4.78, 5) is 1.06. The van der Waals surface area contributed by atoms with Gasteiger partial charge in [-0.2, -0.15) is 0 Å². The molecule has 0 aliphatic rings. The molecule has 3 heteroatoms. The van der Waals surface area contributed by atoms with Crippen LogP contribution in [0.5, 0.6) is 0 Å². The van der Waals surface area contributed by atoms with E-state index in [0.29, 0.717) is 0 Å². The molecule has 0 aliphatic carbocycles. The van der Waals surface area contributed by atoms with E-state index >= 15 is 0 Å². The van der Waals surface area contributed by atoms with Crippen LogP contribution >= 0.6 is 27.3 Å². The van der Waals surface area contributed by atoms with Crippen molar-refractivity contribution < 1.29 is 5.11 Å². The lowest BCUT2D eigenvalue weighted by molar-refractivity contribution is 0.179. The minimum absolute atomic E-state index is 0.278. The number of thiophene rings is 1. The molecule has 1 nitrogen and oxygen atoms in total.